The molecule has 20 heavy (non-hydrogen) atoms. The first kappa shape index (κ1) is 14.7. The molecule has 110 valence electrons. The third kappa shape index (κ3) is 3.46. The summed E-state index contributed by atoms with van der Waals surface area (Å²) in [6.45, 7) is -0.334. The monoisotopic (exact) mass is 281 g/mol. The molecule has 2 N–H and O–H groups in total. The molecule has 0 aromatic heterocycles. The van der Waals surface area contributed by atoms with Gasteiger partial charge >= 0.3 is 0 Å². The van der Waals surface area contributed by atoms with Crippen LogP contribution in [0.1, 0.15) is 37.7 Å². The van der Waals surface area contributed by atoms with Gasteiger partial charge in [0.15, 0.2) is 0 Å². The van der Waals surface area contributed by atoms with Crippen molar-refractivity contribution in [2.24, 2.45) is 0 Å². The third-order valence-electron chi connectivity index (χ3n) is 3.62. The number of ether oxygens (including phenoxy) is 1. The lowest BCUT2D eigenvalue weighted by atomic mass is 10.1. The second-order valence-corrected chi connectivity index (χ2v) is 5.07. The average Bonchev–Trinajstić information content (AvgIpc) is 2.64. The van der Waals surface area contributed by atoms with Crippen LogP contribution in [-0.2, 0) is 6.61 Å². The minimum absolute atomic E-state index is 0.0807. The van der Waals surface area contributed by atoms with Crippen molar-refractivity contribution in [1.29, 1.82) is 0 Å². The molecule has 0 amide bonds. The fraction of sp³-hybridized carbons (Fsp3) is 0.571. The first-order valence-electron chi connectivity index (χ1n) is 6.84. The zero-order chi connectivity index (χ0) is 14.5. The highest BCUT2D eigenvalue weighted by atomic mass is 16.6. The summed E-state index contributed by atoms with van der Waals surface area (Å²) in [4.78, 5) is 10.2. The van der Waals surface area contributed by atoms with Crippen molar-refractivity contribution in [2.45, 2.75) is 50.9 Å². The molecule has 1 aromatic rings. The van der Waals surface area contributed by atoms with E-state index in [1.165, 1.54) is 18.2 Å². The number of rotatable bonds is 4. The molecule has 6 nitrogen and oxygen atoms in total. The zero-order valence-corrected chi connectivity index (χ0v) is 11.2. The van der Waals surface area contributed by atoms with Crippen LogP contribution in [0.4, 0.5) is 5.69 Å². The van der Waals surface area contributed by atoms with E-state index in [4.69, 9.17) is 4.74 Å². The quantitative estimate of drug-likeness (QED) is 0.501. The number of benzene rings is 1. The fourth-order valence-electron chi connectivity index (χ4n) is 2.47. The lowest BCUT2D eigenvalue weighted by Gasteiger charge is -2.23. The number of nitro groups is 1. The Hall–Kier alpha value is -1.66. The van der Waals surface area contributed by atoms with Crippen molar-refractivity contribution >= 4 is 5.69 Å². The Balaban J connectivity index is 2.17. The van der Waals surface area contributed by atoms with E-state index in [1.807, 2.05) is 0 Å². The first-order valence-corrected chi connectivity index (χ1v) is 6.84. The van der Waals surface area contributed by atoms with Gasteiger partial charge in [0, 0.05) is 17.7 Å². The molecule has 1 aliphatic carbocycles. The number of nitro benzene ring substituents is 1. The predicted molar refractivity (Wildman–Crippen MR) is 72.5 cm³/mol. The normalized spacial score (nSPS) is 23.1. The van der Waals surface area contributed by atoms with Crippen LogP contribution < -0.4 is 4.74 Å². The van der Waals surface area contributed by atoms with Gasteiger partial charge in [-0.05, 0) is 25.3 Å². The zero-order valence-electron chi connectivity index (χ0n) is 11.2. The van der Waals surface area contributed by atoms with Gasteiger partial charge in [0.25, 0.3) is 5.69 Å². The summed E-state index contributed by atoms with van der Waals surface area (Å²) in [5.74, 6) is 0.407. The Bertz CT molecular complexity index is 477. The molecular weight excluding hydrogens is 262 g/mol. The second kappa shape index (κ2) is 6.67. The standard InChI is InChI=1S/C14H19NO5/c16-9-10-8-11(15(18)19)6-7-13(10)20-14-5-3-1-2-4-12(14)17/h6-8,12,14,16-17H,1-5,9H2. The first-order chi connectivity index (χ1) is 9.61. The van der Waals surface area contributed by atoms with E-state index in [0.29, 0.717) is 17.7 Å². The highest BCUT2D eigenvalue weighted by molar-refractivity contribution is 5.43. The van der Waals surface area contributed by atoms with E-state index in [0.717, 1.165) is 25.7 Å². The number of nitrogens with zero attached hydrogens (tertiary/aromatic N) is 1. The van der Waals surface area contributed by atoms with E-state index >= 15 is 0 Å². The van der Waals surface area contributed by atoms with Crippen LogP contribution in [0.15, 0.2) is 18.2 Å². The van der Waals surface area contributed by atoms with Crippen LogP contribution in [0.5, 0.6) is 5.75 Å². The Morgan fingerprint density at radius 3 is 2.75 bits per heavy atom. The molecule has 2 atom stereocenters. The van der Waals surface area contributed by atoms with Crippen LogP contribution in [0, 0.1) is 10.1 Å². The van der Waals surface area contributed by atoms with Crippen LogP contribution in [0.3, 0.4) is 0 Å². The van der Waals surface area contributed by atoms with Gasteiger partial charge in [0.05, 0.1) is 17.6 Å². The molecule has 1 saturated carbocycles. The van der Waals surface area contributed by atoms with Gasteiger partial charge in [-0.15, -0.1) is 0 Å². The Morgan fingerprint density at radius 2 is 2.05 bits per heavy atom. The third-order valence-corrected chi connectivity index (χ3v) is 3.62. The number of hydrogen-bond donors (Lipinski definition) is 2. The second-order valence-electron chi connectivity index (χ2n) is 5.07. The lowest BCUT2D eigenvalue weighted by Crippen LogP contribution is -2.30. The predicted octanol–water partition coefficient (Wildman–Crippen LogP) is 2.16. The SMILES string of the molecule is O=[N+]([O-])c1ccc(OC2CCCCCC2O)c(CO)c1. The van der Waals surface area contributed by atoms with E-state index in [2.05, 4.69) is 0 Å². The molecule has 0 heterocycles. The van der Waals surface area contributed by atoms with Gasteiger partial charge in [-0.3, -0.25) is 10.1 Å². The number of hydrogen-bond acceptors (Lipinski definition) is 5. The number of aliphatic hydroxyl groups is 2. The summed E-state index contributed by atoms with van der Waals surface area (Å²) in [6.07, 6.45) is 3.65. The minimum Gasteiger partial charge on any atom is -0.487 e. The van der Waals surface area contributed by atoms with Gasteiger partial charge in [-0.2, -0.15) is 0 Å². The molecule has 0 bridgehead atoms. The molecule has 0 aliphatic heterocycles. The largest absolute Gasteiger partial charge is 0.487 e. The summed E-state index contributed by atoms with van der Waals surface area (Å²) < 4.78 is 5.77. The Labute approximate surface area is 117 Å². The van der Waals surface area contributed by atoms with Crippen LogP contribution >= 0.6 is 0 Å². The summed E-state index contributed by atoms with van der Waals surface area (Å²) in [5.41, 5.74) is 0.290. The summed E-state index contributed by atoms with van der Waals surface area (Å²) in [7, 11) is 0. The highest BCUT2D eigenvalue weighted by Gasteiger charge is 2.24. The van der Waals surface area contributed by atoms with Crippen molar-refractivity contribution < 1.29 is 19.9 Å². The number of non-ortho nitro benzene ring substituents is 1. The van der Waals surface area contributed by atoms with E-state index in [9.17, 15) is 20.3 Å². The van der Waals surface area contributed by atoms with Crippen LogP contribution in [0.25, 0.3) is 0 Å². The maximum absolute atomic E-state index is 10.7. The van der Waals surface area contributed by atoms with Gasteiger partial charge < -0.3 is 14.9 Å². The van der Waals surface area contributed by atoms with Crippen LogP contribution in [-0.4, -0.2) is 27.3 Å². The number of aliphatic hydroxyl groups excluding tert-OH is 2. The van der Waals surface area contributed by atoms with Crippen LogP contribution in [0.2, 0.25) is 0 Å². The van der Waals surface area contributed by atoms with Gasteiger partial charge in [-0.25, -0.2) is 0 Å². The highest BCUT2D eigenvalue weighted by Crippen LogP contribution is 2.28. The summed E-state index contributed by atoms with van der Waals surface area (Å²) in [5, 5.41) is 30.0. The average molecular weight is 281 g/mol. The maximum atomic E-state index is 10.7. The molecule has 2 unspecified atom stereocenters. The van der Waals surface area contributed by atoms with Crippen molar-refractivity contribution in [1.82, 2.24) is 0 Å². The molecule has 1 aromatic carbocycles. The molecule has 1 fully saturated rings. The molecule has 6 heteroatoms. The fourth-order valence-corrected chi connectivity index (χ4v) is 2.47. The van der Waals surface area contributed by atoms with Gasteiger partial charge in [-0.1, -0.05) is 12.8 Å². The smallest absolute Gasteiger partial charge is 0.270 e. The molecular formula is C14H19NO5. The minimum atomic E-state index is -0.528. The van der Waals surface area contributed by atoms with Crippen molar-refractivity contribution in [2.75, 3.05) is 0 Å². The maximum Gasteiger partial charge on any atom is 0.270 e. The molecule has 1 aliphatic rings. The molecule has 0 spiro atoms. The molecule has 2 rings (SSSR count). The van der Waals surface area contributed by atoms with E-state index in [1.54, 1.807) is 0 Å². The Kier molecular flexibility index (Phi) is 4.92. The van der Waals surface area contributed by atoms with E-state index in [-0.39, 0.29) is 18.4 Å². The van der Waals surface area contributed by atoms with Gasteiger partial charge in [0.2, 0.25) is 0 Å². The topological polar surface area (TPSA) is 92.8 Å². The Morgan fingerprint density at radius 1 is 1.30 bits per heavy atom. The molecule has 0 saturated heterocycles. The van der Waals surface area contributed by atoms with Crippen molar-refractivity contribution in [3.8, 4) is 5.75 Å². The van der Waals surface area contributed by atoms with Crippen molar-refractivity contribution in [3.63, 3.8) is 0 Å². The molecule has 0 radical (unpaired) electrons. The van der Waals surface area contributed by atoms with E-state index < -0.39 is 11.0 Å². The summed E-state index contributed by atoms with van der Waals surface area (Å²) in [6, 6.07) is 4.14. The summed E-state index contributed by atoms with van der Waals surface area (Å²) >= 11 is 0. The van der Waals surface area contributed by atoms with Gasteiger partial charge in [0.1, 0.15) is 11.9 Å². The lowest BCUT2D eigenvalue weighted by molar-refractivity contribution is -0.385. The van der Waals surface area contributed by atoms with Crippen molar-refractivity contribution in [3.05, 3.63) is 33.9 Å².